The van der Waals surface area contributed by atoms with Crippen LogP contribution in [0.2, 0.25) is 0 Å². The normalized spacial score (nSPS) is 16.4. The Morgan fingerprint density at radius 2 is 2.38 bits per heavy atom. The molecule has 0 aliphatic heterocycles. The molecular weight excluding hydrogens is 226 g/mol. The van der Waals surface area contributed by atoms with Crippen LogP contribution in [-0.2, 0) is 4.79 Å². The molecule has 3 N–H and O–H groups in total. The molecule has 0 radical (unpaired) electrons. The van der Waals surface area contributed by atoms with Crippen molar-refractivity contribution in [2.24, 2.45) is 5.73 Å². The van der Waals surface area contributed by atoms with Crippen molar-refractivity contribution in [3.05, 3.63) is 18.6 Å². The Morgan fingerprint density at radius 1 is 1.69 bits per heavy atom. The summed E-state index contributed by atoms with van der Waals surface area (Å²) in [6.07, 6.45) is 5.23. The molecule has 2 atom stereocenters. The lowest BCUT2D eigenvalue weighted by atomic mass is 9.98. The zero-order valence-corrected chi connectivity index (χ0v) is 10.1. The molecule has 0 aromatic carbocycles. The maximum atomic E-state index is 10.8. The van der Waals surface area contributed by atoms with Gasteiger partial charge in [-0.25, -0.2) is 4.98 Å². The average molecular weight is 241 g/mol. The molecule has 0 aliphatic carbocycles. The molecule has 0 spiro atoms. The molecule has 2 unspecified atom stereocenters. The van der Waals surface area contributed by atoms with Gasteiger partial charge in [0.25, 0.3) is 0 Å². The summed E-state index contributed by atoms with van der Waals surface area (Å²) in [6, 6.07) is 0. The minimum absolute atomic E-state index is 0.0720. The molecule has 0 fully saturated rings. The Kier molecular flexibility index (Phi) is 4.26. The summed E-state index contributed by atoms with van der Waals surface area (Å²) in [5.41, 5.74) is 4.47. The van der Waals surface area contributed by atoms with Gasteiger partial charge in [-0.1, -0.05) is 6.92 Å². The summed E-state index contributed by atoms with van der Waals surface area (Å²) in [6.45, 7) is 3.44. The summed E-state index contributed by atoms with van der Waals surface area (Å²) < 4.78 is 0. The second kappa shape index (κ2) is 5.27. The van der Waals surface area contributed by atoms with E-state index in [9.17, 15) is 4.79 Å². The van der Waals surface area contributed by atoms with Crippen LogP contribution in [0.1, 0.15) is 20.3 Å². The Morgan fingerprint density at radius 3 is 2.88 bits per heavy atom. The van der Waals surface area contributed by atoms with Gasteiger partial charge in [-0.05, 0) is 13.3 Å². The van der Waals surface area contributed by atoms with Crippen LogP contribution in [0.3, 0.4) is 0 Å². The molecule has 0 saturated heterocycles. The largest absolute Gasteiger partial charge is 0.480 e. The van der Waals surface area contributed by atoms with Crippen LogP contribution in [0, 0.1) is 0 Å². The predicted octanol–water partition coefficient (Wildman–Crippen LogP) is 1.15. The predicted molar refractivity (Wildman–Crippen MR) is 62.2 cm³/mol. The van der Waals surface area contributed by atoms with Crippen LogP contribution >= 0.6 is 11.8 Å². The molecule has 1 rings (SSSR count). The van der Waals surface area contributed by atoms with Crippen molar-refractivity contribution in [2.45, 2.75) is 36.1 Å². The molecule has 5 nitrogen and oxygen atoms in total. The summed E-state index contributed by atoms with van der Waals surface area (Å²) >= 11 is 1.47. The lowest BCUT2D eigenvalue weighted by Gasteiger charge is -2.22. The van der Waals surface area contributed by atoms with E-state index in [0.29, 0.717) is 6.42 Å². The highest BCUT2D eigenvalue weighted by Gasteiger charge is 2.30. The van der Waals surface area contributed by atoms with E-state index in [0.717, 1.165) is 5.03 Å². The van der Waals surface area contributed by atoms with E-state index in [1.165, 1.54) is 18.7 Å². The maximum absolute atomic E-state index is 10.8. The Balaban J connectivity index is 2.54. The molecule has 1 aromatic rings. The number of nitrogens with zero attached hydrogens (tertiary/aromatic N) is 2. The van der Waals surface area contributed by atoms with Crippen molar-refractivity contribution >= 4 is 17.7 Å². The standard InChI is InChI=1S/C10H15N3O2S/c1-7(5-10(2,11)9(14)15)16-8-6-12-3-4-13-8/h3-4,6-7H,5,11H2,1-2H3,(H,14,15). The smallest absolute Gasteiger partial charge is 0.323 e. The number of nitrogens with two attached hydrogens (primary N) is 1. The van der Waals surface area contributed by atoms with Crippen molar-refractivity contribution in [1.29, 1.82) is 0 Å². The average Bonchev–Trinajstić information content (AvgIpc) is 2.17. The number of carboxylic acids is 1. The summed E-state index contributed by atoms with van der Waals surface area (Å²) in [5.74, 6) is -0.987. The third-order valence-corrected chi connectivity index (χ3v) is 3.08. The highest BCUT2D eigenvalue weighted by atomic mass is 32.2. The number of hydrogen-bond donors (Lipinski definition) is 2. The fourth-order valence-electron chi connectivity index (χ4n) is 1.28. The van der Waals surface area contributed by atoms with E-state index in [4.69, 9.17) is 10.8 Å². The molecule has 88 valence electrons. The fourth-order valence-corrected chi connectivity index (χ4v) is 2.36. The van der Waals surface area contributed by atoms with Crippen molar-refractivity contribution in [1.82, 2.24) is 9.97 Å². The Labute approximate surface area is 98.5 Å². The van der Waals surface area contributed by atoms with Gasteiger partial charge >= 0.3 is 5.97 Å². The van der Waals surface area contributed by atoms with Gasteiger partial charge in [-0.2, -0.15) is 0 Å². The summed E-state index contributed by atoms with van der Waals surface area (Å²) in [5, 5.41) is 9.74. The molecule has 1 heterocycles. The van der Waals surface area contributed by atoms with Crippen LogP contribution in [0.4, 0.5) is 0 Å². The lowest BCUT2D eigenvalue weighted by molar-refractivity contribution is -0.142. The summed E-state index contributed by atoms with van der Waals surface area (Å²) in [4.78, 5) is 18.9. The first-order valence-electron chi connectivity index (χ1n) is 4.87. The highest BCUT2D eigenvalue weighted by Crippen LogP contribution is 2.25. The second-order valence-electron chi connectivity index (χ2n) is 3.90. The van der Waals surface area contributed by atoms with Crippen molar-refractivity contribution in [3.8, 4) is 0 Å². The third-order valence-electron chi connectivity index (χ3n) is 2.06. The van der Waals surface area contributed by atoms with Crippen LogP contribution < -0.4 is 5.73 Å². The van der Waals surface area contributed by atoms with Crippen molar-refractivity contribution < 1.29 is 9.90 Å². The minimum atomic E-state index is -1.20. The van der Waals surface area contributed by atoms with E-state index < -0.39 is 11.5 Å². The quantitative estimate of drug-likeness (QED) is 0.752. The van der Waals surface area contributed by atoms with Crippen molar-refractivity contribution in [2.75, 3.05) is 0 Å². The third kappa shape index (κ3) is 3.79. The molecule has 1 aromatic heterocycles. The van der Waals surface area contributed by atoms with E-state index in [1.807, 2.05) is 6.92 Å². The topological polar surface area (TPSA) is 89.1 Å². The maximum Gasteiger partial charge on any atom is 0.323 e. The number of carboxylic acid groups (broad SMARTS) is 1. The zero-order valence-electron chi connectivity index (χ0n) is 9.25. The monoisotopic (exact) mass is 241 g/mol. The summed E-state index contributed by atoms with van der Waals surface area (Å²) in [7, 11) is 0. The van der Waals surface area contributed by atoms with Gasteiger partial charge in [-0.3, -0.25) is 9.78 Å². The molecular formula is C10H15N3O2S. The Bertz CT molecular complexity index is 356. The van der Waals surface area contributed by atoms with Gasteiger partial charge in [0.05, 0.1) is 6.20 Å². The van der Waals surface area contributed by atoms with E-state index in [1.54, 1.807) is 18.6 Å². The highest BCUT2D eigenvalue weighted by molar-refractivity contribution is 7.99. The van der Waals surface area contributed by atoms with E-state index >= 15 is 0 Å². The molecule has 0 saturated carbocycles. The fraction of sp³-hybridized carbons (Fsp3) is 0.500. The Hall–Kier alpha value is -1.14. The van der Waals surface area contributed by atoms with E-state index in [2.05, 4.69) is 9.97 Å². The number of aromatic nitrogens is 2. The zero-order chi connectivity index (χ0) is 12.2. The number of rotatable bonds is 5. The van der Waals surface area contributed by atoms with Crippen LogP contribution in [-0.4, -0.2) is 31.8 Å². The number of carbonyl (C=O) groups is 1. The number of aliphatic carboxylic acids is 1. The van der Waals surface area contributed by atoms with Gasteiger partial charge in [0.1, 0.15) is 10.6 Å². The van der Waals surface area contributed by atoms with Gasteiger partial charge in [0.15, 0.2) is 0 Å². The van der Waals surface area contributed by atoms with Gasteiger partial charge in [0, 0.05) is 17.6 Å². The molecule has 0 aliphatic rings. The van der Waals surface area contributed by atoms with Gasteiger partial charge in [0.2, 0.25) is 0 Å². The first-order chi connectivity index (χ1) is 7.42. The molecule has 16 heavy (non-hydrogen) atoms. The first-order valence-corrected chi connectivity index (χ1v) is 5.75. The lowest BCUT2D eigenvalue weighted by Crippen LogP contribution is -2.46. The van der Waals surface area contributed by atoms with Gasteiger partial charge < -0.3 is 10.8 Å². The SMILES string of the molecule is CC(CC(C)(N)C(=O)O)Sc1cnccn1. The first kappa shape index (κ1) is 12.9. The van der Waals surface area contributed by atoms with Crippen LogP contribution in [0.5, 0.6) is 0 Å². The number of thioether (sulfide) groups is 1. The molecule has 0 bridgehead atoms. The molecule has 6 heteroatoms. The molecule has 0 amide bonds. The second-order valence-corrected chi connectivity index (χ2v) is 5.36. The van der Waals surface area contributed by atoms with Crippen LogP contribution in [0.15, 0.2) is 23.6 Å². The van der Waals surface area contributed by atoms with E-state index in [-0.39, 0.29) is 5.25 Å². The van der Waals surface area contributed by atoms with Crippen molar-refractivity contribution in [3.63, 3.8) is 0 Å². The van der Waals surface area contributed by atoms with Crippen LogP contribution in [0.25, 0.3) is 0 Å². The minimum Gasteiger partial charge on any atom is -0.480 e. The number of hydrogen-bond acceptors (Lipinski definition) is 5. The van der Waals surface area contributed by atoms with Gasteiger partial charge in [-0.15, -0.1) is 11.8 Å².